The number of hydrazine groups is 1. The zero-order valence-electron chi connectivity index (χ0n) is 11.0. The Kier molecular flexibility index (Phi) is 5.32. The third-order valence-electron chi connectivity index (χ3n) is 2.74. The first-order valence-corrected chi connectivity index (χ1v) is 7.26. The fourth-order valence-corrected chi connectivity index (χ4v) is 2.42. The number of carbonyl (C=O) groups excluding carboxylic acids is 2. The summed E-state index contributed by atoms with van der Waals surface area (Å²) in [4.78, 5) is 24.1. The molecule has 0 unspecified atom stereocenters. The lowest BCUT2D eigenvalue weighted by Crippen LogP contribution is -2.42. The summed E-state index contributed by atoms with van der Waals surface area (Å²) in [5, 5.41) is 1.92. The summed E-state index contributed by atoms with van der Waals surface area (Å²) in [5.74, 6) is -0.395. The summed E-state index contributed by atoms with van der Waals surface area (Å²) in [6, 6.07) is 13.6. The number of rotatable bonds is 5. The van der Waals surface area contributed by atoms with Gasteiger partial charge in [-0.15, -0.1) is 11.3 Å². The van der Waals surface area contributed by atoms with Crippen molar-refractivity contribution in [1.82, 2.24) is 10.9 Å². The maximum atomic E-state index is 11.6. The molecule has 0 aliphatic rings. The molecule has 2 N–H and O–H groups in total. The van der Waals surface area contributed by atoms with Crippen LogP contribution in [0.1, 0.15) is 16.9 Å². The highest BCUT2D eigenvalue weighted by atomic mass is 32.1. The molecular formula is C15H16N2O2S. The van der Waals surface area contributed by atoms with Gasteiger partial charge in [0, 0.05) is 11.3 Å². The average molecular weight is 288 g/mol. The van der Waals surface area contributed by atoms with Crippen LogP contribution >= 0.6 is 11.3 Å². The SMILES string of the molecule is O=C(CCc1ccccc1)NNC(=O)Cc1cccs1. The smallest absolute Gasteiger partial charge is 0.243 e. The van der Waals surface area contributed by atoms with Crippen LogP contribution in [0.15, 0.2) is 47.8 Å². The van der Waals surface area contributed by atoms with Crippen molar-refractivity contribution in [3.05, 3.63) is 58.3 Å². The molecule has 2 aromatic rings. The van der Waals surface area contributed by atoms with E-state index in [4.69, 9.17) is 0 Å². The summed E-state index contributed by atoms with van der Waals surface area (Å²) < 4.78 is 0. The van der Waals surface area contributed by atoms with Gasteiger partial charge in [0.15, 0.2) is 0 Å². The van der Waals surface area contributed by atoms with Gasteiger partial charge in [-0.2, -0.15) is 0 Å². The first-order chi connectivity index (χ1) is 9.74. The van der Waals surface area contributed by atoms with Crippen LogP contribution in [0, 0.1) is 0 Å². The van der Waals surface area contributed by atoms with Crippen LogP contribution < -0.4 is 10.9 Å². The Morgan fingerprint density at radius 1 is 0.950 bits per heavy atom. The van der Waals surface area contributed by atoms with Gasteiger partial charge in [0.1, 0.15) is 0 Å². The molecule has 20 heavy (non-hydrogen) atoms. The Bertz CT molecular complexity index is 553. The Hall–Kier alpha value is -2.14. The number of nitrogens with one attached hydrogen (secondary N) is 2. The van der Waals surface area contributed by atoms with E-state index in [0.717, 1.165) is 10.4 Å². The van der Waals surface area contributed by atoms with Crippen molar-refractivity contribution in [2.45, 2.75) is 19.3 Å². The van der Waals surface area contributed by atoms with Crippen molar-refractivity contribution in [3.63, 3.8) is 0 Å². The summed E-state index contributed by atoms with van der Waals surface area (Å²) >= 11 is 1.52. The van der Waals surface area contributed by atoms with Crippen molar-refractivity contribution in [1.29, 1.82) is 0 Å². The summed E-state index contributed by atoms with van der Waals surface area (Å²) in [5.41, 5.74) is 5.96. The maximum Gasteiger partial charge on any atom is 0.243 e. The number of amides is 2. The number of aryl methyl sites for hydroxylation is 1. The molecule has 5 heteroatoms. The van der Waals surface area contributed by atoms with Gasteiger partial charge in [-0.05, 0) is 23.4 Å². The van der Waals surface area contributed by atoms with Crippen LogP contribution in [0.3, 0.4) is 0 Å². The molecule has 0 aliphatic heterocycles. The molecule has 104 valence electrons. The van der Waals surface area contributed by atoms with Crippen molar-refractivity contribution < 1.29 is 9.59 Å². The van der Waals surface area contributed by atoms with E-state index in [0.29, 0.717) is 12.8 Å². The van der Waals surface area contributed by atoms with Gasteiger partial charge in [0.2, 0.25) is 11.8 Å². The summed E-state index contributed by atoms with van der Waals surface area (Å²) in [6.45, 7) is 0. The van der Waals surface area contributed by atoms with Gasteiger partial charge in [0.25, 0.3) is 0 Å². The largest absolute Gasteiger partial charge is 0.273 e. The monoisotopic (exact) mass is 288 g/mol. The van der Waals surface area contributed by atoms with E-state index in [1.165, 1.54) is 11.3 Å². The number of benzene rings is 1. The summed E-state index contributed by atoms with van der Waals surface area (Å²) in [7, 11) is 0. The van der Waals surface area contributed by atoms with Crippen LogP contribution in [0.4, 0.5) is 0 Å². The van der Waals surface area contributed by atoms with E-state index in [9.17, 15) is 9.59 Å². The first kappa shape index (κ1) is 14.3. The zero-order chi connectivity index (χ0) is 14.2. The molecule has 2 amide bonds. The van der Waals surface area contributed by atoms with Gasteiger partial charge in [-0.1, -0.05) is 36.4 Å². The lowest BCUT2D eigenvalue weighted by atomic mass is 10.1. The van der Waals surface area contributed by atoms with Crippen LogP contribution in [0.25, 0.3) is 0 Å². The zero-order valence-corrected chi connectivity index (χ0v) is 11.8. The molecule has 1 aromatic heterocycles. The predicted octanol–water partition coefficient (Wildman–Crippen LogP) is 2.07. The molecule has 1 aromatic carbocycles. The summed E-state index contributed by atoms with van der Waals surface area (Å²) in [6.07, 6.45) is 1.30. The molecular weight excluding hydrogens is 272 g/mol. The van der Waals surface area contributed by atoms with Gasteiger partial charge >= 0.3 is 0 Å². The highest BCUT2D eigenvalue weighted by molar-refractivity contribution is 7.10. The second kappa shape index (κ2) is 7.45. The van der Waals surface area contributed by atoms with Crippen LogP contribution in [0.2, 0.25) is 0 Å². The molecule has 0 radical (unpaired) electrons. The van der Waals surface area contributed by atoms with Crippen LogP contribution in [-0.2, 0) is 22.4 Å². The molecule has 0 fully saturated rings. The molecule has 0 atom stereocenters. The molecule has 0 bridgehead atoms. The third kappa shape index (κ3) is 4.85. The van der Waals surface area contributed by atoms with E-state index < -0.39 is 0 Å². The van der Waals surface area contributed by atoms with Crippen molar-refractivity contribution >= 4 is 23.2 Å². The van der Waals surface area contributed by atoms with Crippen molar-refractivity contribution in [2.24, 2.45) is 0 Å². The minimum atomic E-state index is -0.208. The number of thiophene rings is 1. The molecule has 4 nitrogen and oxygen atoms in total. The molecule has 1 heterocycles. The minimum absolute atomic E-state index is 0.187. The Balaban J connectivity index is 1.66. The van der Waals surface area contributed by atoms with Crippen molar-refractivity contribution in [3.8, 4) is 0 Å². The van der Waals surface area contributed by atoms with Gasteiger partial charge < -0.3 is 0 Å². The molecule has 0 saturated carbocycles. The second-order valence-electron chi connectivity index (χ2n) is 4.34. The van der Waals surface area contributed by atoms with Crippen LogP contribution in [0.5, 0.6) is 0 Å². The Labute approximate surface area is 121 Å². The standard InChI is InChI=1S/C15H16N2O2S/c18-14(9-8-12-5-2-1-3-6-12)16-17-15(19)11-13-7-4-10-20-13/h1-7,10H,8-9,11H2,(H,16,18)(H,17,19). The topological polar surface area (TPSA) is 58.2 Å². The molecule has 0 spiro atoms. The fourth-order valence-electron chi connectivity index (χ4n) is 1.72. The highest BCUT2D eigenvalue weighted by Crippen LogP contribution is 2.08. The number of carbonyl (C=O) groups is 2. The van der Waals surface area contributed by atoms with Gasteiger partial charge in [-0.25, -0.2) is 0 Å². The predicted molar refractivity (Wildman–Crippen MR) is 79.1 cm³/mol. The lowest BCUT2D eigenvalue weighted by Gasteiger charge is -2.06. The number of hydrogen-bond acceptors (Lipinski definition) is 3. The van der Waals surface area contributed by atoms with Gasteiger partial charge in [-0.3, -0.25) is 20.4 Å². The van der Waals surface area contributed by atoms with E-state index in [2.05, 4.69) is 10.9 Å². The minimum Gasteiger partial charge on any atom is -0.273 e. The Morgan fingerprint density at radius 2 is 1.70 bits per heavy atom. The third-order valence-corrected chi connectivity index (χ3v) is 3.62. The Morgan fingerprint density at radius 3 is 2.40 bits per heavy atom. The van der Waals surface area contributed by atoms with Gasteiger partial charge in [0.05, 0.1) is 6.42 Å². The quantitative estimate of drug-likeness (QED) is 0.828. The normalized spacial score (nSPS) is 10.0. The fraction of sp³-hybridized carbons (Fsp3) is 0.200. The van der Waals surface area contributed by atoms with Crippen LogP contribution in [-0.4, -0.2) is 11.8 Å². The van der Waals surface area contributed by atoms with E-state index in [-0.39, 0.29) is 18.2 Å². The number of hydrogen-bond donors (Lipinski definition) is 2. The second-order valence-corrected chi connectivity index (χ2v) is 5.37. The highest BCUT2D eigenvalue weighted by Gasteiger charge is 2.06. The molecule has 0 aliphatic carbocycles. The average Bonchev–Trinajstić information content (AvgIpc) is 2.97. The lowest BCUT2D eigenvalue weighted by molar-refractivity contribution is -0.128. The molecule has 2 rings (SSSR count). The van der Waals surface area contributed by atoms with E-state index in [1.54, 1.807) is 0 Å². The van der Waals surface area contributed by atoms with E-state index in [1.807, 2.05) is 47.8 Å². The molecule has 0 saturated heterocycles. The first-order valence-electron chi connectivity index (χ1n) is 6.38. The van der Waals surface area contributed by atoms with Crippen molar-refractivity contribution in [2.75, 3.05) is 0 Å². The maximum absolute atomic E-state index is 11.6. The van der Waals surface area contributed by atoms with E-state index >= 15 is 0 Å².